The van der Waals surface area contributed by atoms with Gasteiger partial charge in [0.15, 0.2) is 5.69 Å². The first-order valence-corrected chi connectivity index (χ1v) is 12.6. The molecule has 10 heteroatoms. The summed E-state index contributed by atoms with van der Waals surface area (Å²) in [5, 5.41) is 10.2. The number of alkyl halides is 3. The lowest BCUT2D eigenvalue weighted by molar-refractivity contribution is -0.137. The minimum atomic E-state index is -4.63. The molecule has 1 N–H and O–H groups in total. The van der Waals surface area contributed by atoms with E-state index in [-0.39, 0.29) is 5.92 Å². The van der Waals surface area contributed by atoms with E-state index in [9.17, 15) is 18.0 Å². The molecule has 0 radical (unpaired) electrons. The predicted octanol–water partition coefficient (Wildman–Crippen LogP) is 5.83. The van der Waals surface area contributed by atoms with Gasteiger partial charge in [-0.2, -0.15) is 18.3 Å². The third kappa shape index (κ3) is 8.49. The molecule has 1 atom stereocenters. The van der Waals surface area contributed by atoms with Crippen molar-refractivity contribution in [2.75, 3.05) is 45.9 Å². The van der Waals surface area contributed by atoms with Gasteiger partial charge in [0, 0.05) is 45.8 Å². The van der Waals surface area contributed by atoms with Crippen molar-refractivity contribution in [2.45, 2.75) is 33.4 Å². The molecule has 0 spiro atoms. The molecule has 0 aliphatic rings. The van der Waals surface area contributed by atoms with Gasteiger partial charge in [0.2, 0.25) is 0 Å². The Bertz CT molecular complexity index is 1210. The fraction of sp³-hybridized carbons (Fsp3) is 0.414. The van der Waals surface area contributed by atoms with Gasteiger partial charge in [0.1, 0.15) is 0 Å². The molecule has 39 heavy (non-hydrogen) atoms. The summed E-state index contributed by atoms with van der Waals surface area (Å²) in [6.07, 6.45) is 0.533. The Balaban J connectivity index is 2.52. The van der Waals surface area contributed by atoms with Gasteiger partial charge < -0.3 is 19.7 Å². The van der Waals surface area contributed by atoms with Crippen LogP contribution in [0, 0.1) is 12.8 Å². The number of rotatable bonds is 13. The number of halogens is 3. The number of carbonyl (C=O) groups excluding carboxylic acids is 1. The van der Waals surface area contributed by atoms with E-state index in [1.165, 1.54) is 11.9 Å². The second-order valence-corrected chi connectivity index (χ2v) is 9.00. The van der Waals surface area contributed by atoms with E-state index in [0.29, 0.717) is 37.8 Å². The summed E-state index contributed by atoms with van der Waals surface area (Å²) in [5.74, 6) is -0.577. The highest BCUT2D eigenvalue weighted by Gasteiger charge is 2.32. The van der Waals surface area contributed by atoms with E-state index < -0.39 is 23.3 Å². The molecule has 0 bridgehead atoms. The average molecular weight is 547 g/mol. The highest BCUT2D eigenvalue weighted by atomic mass is 19.4. The number of hydrogen-bond donors (Lipinski definition) is 1. The Kier molecular flexibility index (Phi) is 11.9. The van der Waals surface area contributed by atoms with Gasteiger partial charge in [-0.05, 0) is 72.7 Å². The first-order chi connectivity index (χ1) is 18.5. The topological polar surface area (TPSA) is 76.6 Å². The van der Waals surface area contributed by atoms with Crippen molar-refractivity contribution >= 4 is 17.2 Å². The molecule has 1 aromatic heterocycles. The second kappa shape index (κ2) is 14.6. The van der Waals surface area contributed by atoms with E-state index in [0.717, 1.165) is 34.4 Å². The maximum Gasteiger partial charge on any atom is 0.418 e. The Morgan fingerprint density at radius 1 is 1.28 bits per heavy atom. The van der Waals surface area contributed by atoms with Crippen LogP contribution in [0.5, 0.6) is 0 Å². The van der Waals surface area contributed by atoms with Crippen LogP contribution in [-0.4, -0.2) is 57.1 Å². The van der Waals surface area contributed by atoms with E-state index in [4.69, 9.17) is 9.47 Å². The number of carbonyl (C=O) groups is 1. The number of benzene rings is 1. The van der Waals surface area contributed by atoms with Crippen LogP contribution >= 0.6 is 0 Å². The number of likely N-dealkylation sites (N-methyl/N-ethyl adjacent to an activating group) is 1. The van der Waals surface area contributed by atoms with Crippen molar-refractivity contribution in [1.29, 1.82) is 0 Å². The highest BCUT2D eigenvalue weighted by molar-refractivity contribution is 6.04. The summed E-state index contributed by atoms with van der Waals surface area (Å²) in [5.41, 5.74) is 3.56. The zero-order valence-electron chi connectivity index (χ0n) is 23.4. The molecule has 7 nitrogen and oxygen atoms in total. The minimum Gasteiger partial charge on any atom is -0.389 e. The lowest BCUT2D eigenvalue weighted by Gasteiger charge is -2.21. The number of allylic oxidation sites excluding steroid dienone is 4. The monoisotopic (exact) mass is 546 g/mol. The van der Waals surface area contributed by atoms with Gasteiger partial charge >= 0.3 is 6.18 Å². The number of methoxy groups -OCH3 is 1. The first-order valence-electron chi connectivity index (χ1n) is 12.6. The zero-order valence-corrected chi connectivity index (χ0v) is 23.4. The SMILES string of the molecule is C=C/C(=C\C(=C(/COC)NC)C(C)CCOCC)c1cc(N(C)C(=O)c2cc(C(F)(F)F)cnn2)ccc1C. The molecule has 0 saturated carbocycles. The molecule has 1 amide bonds. The van der Waals surface area contributed by atoms with E-state index >= 15 is 0 Å². The third-order valence-electron chi connectivity index (χ3n) is 6.33. The summed E-state index contributed by atoms with van der Waals surface area (Å²) >= 11 is 0. The molecule has 1 heterocycles. The second-order valence-electron chi connectivity index (χ2n) is 9.00. The summed E-state index contributed by atoms with van der Waals surface area (Å²) in [6.45, 7) is 11.7. The van der Waals surface area contributed by atoms with E-state index in [1.807, 2.05) is 33.0 Å². The van der Waals surface area contributed by atoms with Crippen molar-refractivity contribution in [1.82, 2.24) is 15.5 Å². The summed E-state index contributed by atoms with van der Waals surface area (Å²) in [4.78, 5) is 14.3. The van der Waals surface area contributed by atoms with Crippen molar-refractivity contribution in [3.63, 3.8) is 0 Å². The van der Waals surface area contributed by atoms with Gasteiger partial charge in [-0.1, -0.05) is 25.6 Å². The molecular weight excluding hydrogens is 509 g/mol. The number of hydrogen-bond acceptors (Lipinski definition) is 6. The van der Waals surface area contributed by atoms with Crippen LogP contribution in [0.15, 0.2) is 60.5 Å². The zero-order chi connectivity index (χ0) is 29.2. The van der Waals surface area contributed by atoms with Crippen molar-refractivity contribution in [3.05, 3.63) is 82.8 Å². The lowest BCUT2D eigenvalue weighted by Crippen LogP contribution is -2.28. The van der Waals surface area contributed by atoms with Crippen LogP contribution in [0.1, 0.15) is 47.4 Å². The first kappa shape index (κ1) is 31.7. The van der Waals surface area contributed by atoms with Crippen LogP contribution in [0.3, 0.4) is 0 Å². The fourth-order valence-electron chi connectivity index (χ4n) is 3.99. The number of aryl methyl sites for hydroxylation is 1. The maximum absolute atomic E-state index is 13.1. The quantitative estimate of drug-likeness (QED) is 0.252. The summed E-state index contributed by atoms with van der Waals surface area (Å²) in [7, 11) is 4.95. The summed E-state index contributed by atoms with van der Waals surface area (Å²) < 4.78 is 50.4. The Labute approximate surface area is 228 Å². The molecule has 0 saturated heterocycles. The van der Waals surface area contributed by atoms with Crippen LogP contribution in [0.2, 0.25) is 0 Å². The van der Waals surface area contributed by atoms with Gasteiger partial charge in [-0.15, -0.1) is 5.10 Å². The molecule has 0 aliphatic heterocycles. The number of amides is 1. The molecule has 1 aromatic carbocycles. The van der Waals surface area contributed by atoms with Crippen molar-refractivity contribution in [3.8, 4) is 0 Å². The van der Waals surface area contributed by atoms with Gasteiger partial charge in [-0.25, -0.2) is 0 Å². The molecule has 0 aliphatic carbocycles. The van der Waals surface area contributed by atoms with Crippen LogP contribution < -0.4 is 10.2 Å². The van der Waals surface area contributed by atoms with Gasteiger partial charge in [-0.3, -0.25) is 4.79 Å². The van der Waals surface area contributed by atoms with Crippen LogP contribution in [0.4, 0.5) is 18.9 Å². The van der Waals surface area contributed by atoms with E-state index in [2.05, 4.69) is 29.0 Å². The van der Waals surface area contributed by atoms with Crippen LogP contribution in [0.25, 0.3) is 5.57 Å². The largest absolute Gasteiger partial charge is 0.418 e. The van der Waals surface area contributed by atoms with Crippen molar-refractivity contribution in [2.24, 2.45) is 5.92 Å². The fourth-order valence-corrected chi connectivity index (χ4v) is 3.99. The third-order valence-corrected chi connectivity index (χ3v) is 6.33. The standard InChI is InChI=1S/C29H37F3N4O3/c1-8-21(14-25(27(33-5)18-38-7)20(4)12-13-39-9-2)24-16-23(11-10-19(24)3)36(6)28(37)26-15-22(17-34-35-26)29(30,31)32/h8,10-11,14-17,20,33H,1,9,12-13,18H2,2-7H3/b21-14+,27-25-. The number of nitrogens with zero attached hydrogens (tertiary/aromatic N) is 3. The average Bonchev–Trinajstić information content (AvgIpc) is 2.92. The van der Waals surface area contributed by atoms with Crippen molar-refractivity contribution < 1.29 is 27.4 Å². The number of aromatic nitrogens is 2. The Hall–Kier alpha value is -3.50. The minimum absolute atomic E-state index is 0.135. The predicted molar refractivity (Wildman–Crippen MR) is 147 cm³/mol. The lowest BCUT2D eigenvalue weighted by atomic mass is 9.90. The Morgan fingerprint density at radius 3 is 2.59 bits per heavy atom. The number of anilines is 1. The maximum atomic E-state index is 13.1. The van der Waals surface area contributed by atoms with Crippen LogP contribution in [-0.2, 0) is 15.7 Å². The molecule has 1 unspecified atom stereocenters. The van der Waals surface area contributed by atoms with Gasteiger partial charge in [0.25, 0.3) is 5.91 Å². The highest BCUT2D eigenvalue weighted by Crippen LogP contribution is 2.31. The van der Waals surface area contributed by atoms with E-state index in [1.54, 1.807) is 25.3 Å². The molecule has 2 rings (SSSR count). The molecular formula is C29H37F3N4O3. The van der Waals surface area contributed by atoms with Gasteiger partial charge in [0.05, 0.1) is 18.4 Å². The smallest absolute Gasteiger partial charge is 0.389 e. The normalized spacial score (nSPS) is 13.5. The molecule has 2 aromatic rings. The summed E-state index contributed by atoms with van der Waals surface area (Å²) in [6, 6.07) is 6.08. The number of ether oxygens (including phenoxy) is 2. The Morgan fingerprint density at radius 2 is 2.00 bits per heavy atom. The molecule has 0 fully saturated rings. The molecule has 212 valence electrons. The number of nitrogens with one attached hydrogen (secondary N) is 1.